The second-order valence-electron chi connectivity index (χ2n) is 5.06. The molecule has 2 nitrogen and oxygen atoms in total. The first kappa shape index (κ1) is 14.2. The van der Waals surface area contributed by atoms with Crippen molar-refractivity contribution in [2.75, 3.05) is 6.54 Å². The summed E-state index contributed by atoms with van der Waals surface area (Å²) in [5.41, 5.74) is 1.46. The Morgan fingerprint density at radius 1 is 1.41 bits per heavy atom. The summed E-state index contributed by atoms with van der Waals surface area (Å²) in [6.07, 6.45) is 1.57. The lowest BCUT2D eigenvalue weighted by Crippen LogP contribution is -2.29. The first-order valence-electron chi connectivity index (χ1n) is 5.86. The van der Waals surface area contributed by atoms with Crippen molar-refractivity contribution in [1.29, 1.82) is 5.26 Å². The minimum absolute atomic E-state index is 0.182. The van der Waals surface area contributed by atoms with Crippen LogP contribution in [0.4, 0.5) is 0 Å². The Hall–Kier alpha value is -0.850. The van der Waals surface area contributed by atoms with Crippen LogP contribution in [0.3, 0.4) is 0 Å². The summed E-state index contributed by atoms with van der Waals surface area (Å²) in [5, 5.41) is 12.0. The molecule has 0 aliphatic heterocycles. The normalized spacial score (nSPS) is 11.2. The maximum absolute atomic E-state index is 8.59. The summed E-state index contributed by atoms with van der Waals surface area (Å²) >= 11 is 3.46. The lowest BCUT2D eigenvalue weighted by Gasteiger charge is -2.23. The molecule has 1 N–H and O–H groups in total. The van der Waals surface area contributed by atoms with E-state index in [2.05, 4.69) is 53.3 Å². The van der Waals surface area contributed by atoms with Gasteiger partial charge < -0.3 is 5.32 Å². The third-order valence-corrected chi connectivity index (χ3v) is 3.23. The highest BCUT2D eigenvalue weighted by Gasteiger charge is 2.16. The Bertz CT molecular complexity index is 393. The van der Waals surface area contributed by atoms with Crippen LogP contribution in [0.15, 0.2) is 28.7 Å². The Morgan fingerprint density at radius 2 is 2.18 bits per heavy atom. The van der Waals surface area contributed by atoms with E-state index in [0.717, 1.165) is 24.0 Å². The van der Waals surface area contributed by atoms with E-state index in [0.29, 0.717) is 6.42 Å². The number of rotatable bonds is 6. The van der Waals surface area contributed by atoms with Crippen LogP contribution in [-0.4, -0.2) is 6.54 Å². The highest BCUT2D eigenvalue weighted by atomic mass is 79.9. The van der Waals surface area contributed by atoms with Gasteiger partial charge in [-0.2, -0.15) is 5.26 Å². The van der Waals surface area contributed by atoms with Crippen LogP contribution in [0, 0.1) is 16.7 Å². The third-order valence-electron chi connectivity index (χ3n) is 2.74. The SMILES string of the molecule is CC(C)(CCC#N)CNCc1cccc(Br)c1. The quantitative estimate of drug-likeness (QED) is 0.864. The van der Waals surface area contributed by atoms with Gasteiger partial charge in [-0.05, 0) is 29.5 Å². The highest BCUT2D eigenvalue weighted by Crippen LogP contribution is 2.21. The second kappa shape index (κ2) is 6.78. The highest BCUT2D eigenvalue weighted by molar-refractivity contribution is 9.10. The molecule has 0 aromatic heterocycles. The van der Waals surface area contributed by atoms with Crippen LogP contribution in [0.25, 0.3) is 0 Å². The fourth-order valence-electron chi connectivity index (χ4n) is 1.67. The van der Waals surface area contributed by atoms with Crippen LogP contribution in [0.2, 0.25) is 0 Å². The van der Waals surface area contributed by atoms with Crippen LogP contribution in [0.5, 0.6) is 0 Å². The van der Waals surface area contributed by atoms with Crippen LogP contribution in [-0.2, 0) is 6.54 Å². The first-order chi connectivity index (χ1) is 8.03. The predicted molar refractivity (Wildman–Crippen MR) is 74.5 cm³/mol. The summed E-state index contributed by atoms with van der Waals surface area (Å²) < 4.78 is 1.11. The summed E-state index contributed by atoms with van der Waals surface area (Å²) in [4.78, 5) is 0. The average molecular weight is 295 g/mol. The van der Waals surface area contributed by atoms with Gasteiger partial charge in [-0.3, -0.25) is 0 Å². The predicted octanol–water partition coefficient (Wildman–Crippen LogP) is 3.87. The van der Waals surface area contributed by atoms with Crippen molar-refractivity contribution in [2.45, 2.75) is 33.2 Å². The van der Waals surface area contributed by atoms with E-state index >= 15 is 0 Å². The molecule has 0 heterocycles. The van der Waals surface area contributed by atoms with E-state index in [9.17, 15) is 0 Å². The molecule has 92 valence electrons. The minimum atomic E-state index is 0.182. The molecular weight excluding hydrogens is 276 g/mol. The van der Waals surface area contributed by atoms with Crippen LogP contribution in [0.1, 0.15) is 32.3 Å². The van der Waals surface area contributed by atoms with Crippen LogP contribution < -0.4 is 5.32 Å². The molecule has 1 aromatic rings. The number of nitrogens with one attached hydrogen (secondary N) is 1. The van der Waals surface area contributed by atoms with Gasteiger partial charge in [0.05, 0.1) is 6.07 Å². The molecule has 0 bridgehead atoms. The molecule has 0 fully saturated rings. The van der Waals surface area contributed by atoms with Crippen molar-refractivity contribution in [1.82, 2.24) is 5.32 Å². The minimum Gasteiger partial charge on any atom is -0.312 e. The first-order valence-corrected chi connectivity index (χ1v) is 6.65. The standard InChI is InChI=1S/C14H19BrN2/c1-14(2,7-4-8-16)11-17-10-12-5-3-6-13(15)9-12/h3,5-6,9,17H,4,7,10-11H2,1-2H3. The summed E-state index contributed by atoms with van der Waals surface area (Å²) in [6.45, 7) is 6.19. The van der Waals surface area contributed by atoms with Gasteiger partial charge >= 0.3 is 0 Å². The summed E-state index contributed by atoms with van der Waals surface area (Å²) in [7, 11) is 0. The molecular formula is C14H19BrN2. The van der Waals surface area contributed by atoms with Gasteiger partial charge in [0, 0.05) is 24.0 Å². The molecule has 0 atom stereocenters. The van der Waals surface area contributed by atoms with Gasteiger partial charge in [0.1, 0.15) is 0 Å². The van der Waals surface area contributed by atoms with Crippen molar-refractivity contribution in [3.63, 3.8) is 0 Å². The van der Waals surface area contributed by atoms with E-state index in [4.69, 9.17) is 5.26 Å². The fourth-order valence-corrected chi connectivity index (χ4v) is 2.12. The molecule has 0 unspecified atom stereocenters. The number of halogens is 1. The smallest absolute Gasteiger partial charge is 0.0621 e. The van der Waals surface area contributed by atoms with Crippen molar-refractivity contribution in [3.8, 4) is 6.07 Å². The molecule has 1 aromatic carbocycles. The van der Waals surface area contributed by atoms with Gasteiger partial charge in [-0.1, -0.05) is 41.9 Å². The maximum atomic E-state index is 8.59. The van der Waals surface area contributed by atoms with E-state index in [1.54, 1.807) is 0 Å². The molecule has 0 amide bonds. The largest absolute Gasteiger partial charge is 0.312 e. The third kappa shape index (κ3) is 5.86. The van der Waals surface area contributed by atoms with Crippen molar-refractivity contribution >= 4 is 15.9 Å². The zero-order valence-electron chi connectivity index (χ0n) is 10.5. The molecule has 0 spiro atoms. The molecule has 17 heavy (non-hydrogen) atoms. The topological polar surface area (TPSA) is 35.8 Å². The molecule has 0 saturated heterocycles. The van der Waals surface area contributed by atoms with Crippen molar-refractivity contribution in [3.05, 3.63) is 34.3 Å². The van der Waals surface area contributed by atoms with Gasteiger partial charge in [-0.25, -0.2) is 0 Å². The lowest BCUT2D eigenvalue weighted by molar-refractivity contribution is 0.317. The maximum Gasteiger partial charge on any atom is 0.0621 e. The molecule has 0 radical (unpaired) electrons. The molecule has 3 heteroatoms. The van der Waals surface area contributed by atoms with Gasteiger partial charge in [0.25, 0.3) is 0 Å². The van der Waals surface area contributed by atoms with Crippen LogP contribution >= 0.6 is 15.9 Å². The Labute approximate surface area is 112 Å². The Kier molecular flexibility index (Phi) is 5.67. The number of benzene rings is 1. The molecule has 1 rings (SSSR count). The second-order valence-corrected chi connectivity index (χ2v) is 5.97. The number of hydrogen-bond acceptors (Lipinski definition) is 2. The van der Waals surface area contributed by atoms with E-state index in [1.165, 1.54) is 5.56 Å². The van der Waals surface area contributed by atoms with E-state index in [-0.39, 0.29) is 5.41 Å². The monoisotopic (exact) mass is 294 g/mol. The van der Waals surface area contributed by atoms with E-state index < -0.39 is 0 Å². The zero-order valence-corrected chi connectivity index (χ0v) is 12.0. The molecule has 0 aliphatic rings. The summed E-state index contributed by atoms with van der Waals surface area (Å²) in [5.74, 6) is 0. The zero-order chi connectivity index (χ0) is 12.7. The Morgan fingerprint density at radius 3 is 2.82 bits per heavy atom. The fraction of sp³-hybridized carbons (Fsp3) is 0.500. The number of nitrogens with zero attached hydrogens (tertiary/aromatic N) is 1. The number of hydrogen-bond donors (Lipinski definition) is 1. The Balaban J connectivity index is 2.35. The molecule has 0 aliphatic carbocycles. The lowest BCUT2D eigenvalue weighted by atomic mass is 9.88. The number of nitriles is 1. The van der Waals surface area contributed by atoms with E-state index in [1.807, 2.05) is 12.1 Å². The van der Waals surface area contributed by atoms with Gasteiger partial charge in [0.15, 0.2) is 0 Å². The van der Waals surface area contributed by atoms with Gasteiger partial charge in [-0.15, -0.1) is 0 Å². The van der Waals surface area contributed by atoms with Gasteiger partial charge in [0.2, 0.25) is 0 Å². The van der Waals surface area contributed by atoms with Crippen molar-refractivity contribution < 1.29 is 0 Å². The summed E-state index contributed by atoms with van der Waals surface area (Å²) in [6, 6.07) is 10.5. The average Bonchev–Trinajstić information content (AvgIpc) is 2.26. The van der Waals surface area contributed by atoms with Crippen molar-refractivity contribution in [2.24, 2.45) is 5.41 Å². The molecule has 0 saturated carbocycles.